The van der Waals surface area contributed by atoms with Gasteiger partial charge in [-0.1, -0.05) is 51.4 Å². The van der Waals surface area contributed by atoms with Crippen LogP contribution in [0.5, 0.6) is 0 Å². The number of urea groups is 1. The molecule has 10 heteroatoms. The van der Waals surface area contributed by atoms with Crippen LogP contribution in [-0.4, -0.2) is 52.9 Å². The summed E-state index contributed by atoms with van der Waals surface area (Å²) >= 11 is 1.10. The molecule has 4 amide bonds. The number of nitrogens with zero attached hydrogens (tertiary/aromatic N) is 2. The van der Waals surface area contributed by atoms with Crippen LogP contribution in [0.25, 0.3) is 0 Å². The van der Waals surface area contributed by atoms with E-state index < -0.39 is 30.0 Å². The Morgan fingerprint density at radius 3 is 2.50 bits per heavy atom. The number of rotatable bonds is 8. The number of hydrogen-bond donors (Lipinski definition) is 2. The van der Waals surface area contributed by atoms with Crippen LogP contribution in [0.2, 0.25) is 0 Å². The third kappa shape index (κ3) is 4.95. The molecule has 2 atom stereocenters. The van der Waals surface area contributed by atoms with Crippen molar-refractivity contribution < 1.29 is 23.9 Å². The van der Waals surface area contributed by atoms with Crippen molar-refractivity contribution >= 4 is 40.3 Å². The van der Waals surface area contributed by atoms with E-state index >= 15 is 0 Å². The minimum atomic E-state index is -0.898. The quantitative estimate of drug-likeness (QED) is 0.452. The molecule has 0 radical (unpaired) electrons. The van der Waals surface area contributed by atoms with Crippen molar-refractivity contribution in [1.82, 2.24) is 15.2 Å². The minimum absolute atomic E-state index is 0.103. The molecular formula is C22H30N4O5S. The Labute approximate surface area is 191 Å². The molecule has 9 nitrogen and oxygen atoms in total. The highest BCUT2D eigenvalue weighted by atomic mass is 32.1. The lowest BCUT2D eigenvalue weighted by molar-refractivity contribution is -0.134. The van der Waals surface area contributed by atoms with E-state index in [0.29, 0.717) is 24.7 Å². The third-order valence-corrected chi connectivity index (χ3v) is 7.63. The zero-order chi connectivity index (χ0) is 22.7. The van der Waals surface area contributed by atoms with Gasteiger partial charge in [0.25, 0.3) is 5.91 Å². The van der Waals surface area contributed by atoms with Crippen LogP contribution in [0.3, 0.4) is 0 Å². The van der Waals surface area contributed by atoms with E-state index in [1.54, 1.807) is 0 Å². The molecule has 0 spiro atoms. The van der Waals surface area contributed by atoms with E-state index in [1.807, 2.05) is 0 Å². The second-order valence-electron chi connectivity index (χ2n) is 9.02. The Morgan fingerprint density at radius 1 is 1.19 bits per heavy atom. The van der Waals surface area contributed by atoms with Gasteiger partial charge in [0, 0.05) is 5.38 Å². The lowest BCUT2D eigenvalue weighted by Gasteiger charge is -2.26. The van der Waals surface area contributed by atoms with Gasteiger partial charge in [-0.2, -0.15) is 0 Å². The van der Waals surface area contributed by atoms with E-state index in [1.165, 1.54) is 12.5 Å². The first-order chi connectivity index (χ1) is 15.5. The van der Waals surface area contributed by atoms with E-state index in [9.17, 15) is 19.2 Å². The predicted molar refractivity (Wildman–Crippen MR) is 118 cm³/mol. The summed E-state index contributed by atoms with van der Waals surface area (Å²) in [5, 5.41) is 7.26. The summed E-state index contributed by atoms with van der Waals surface area (Å²) in [5.74, 6) is -0.615. The number of imide groups is 1. The molecule has 0 bridgehead atoms. The summed E-state index contributed by atoms with van der Waals surface area (Å²) < 4.78 is 4.65. The van der Waals surface area contributed by atoms with Gasteiger partial charge in [0.1, 0.15) is 12.1 Å². The van der Waals surface area contributed by atoms with Crippen LogP contribution < -0.4 is 10.6 Å². The van der Waals surface area contributed by atoms with Crippen LogP contribution in [-0.2, 0) is 14.3 Å². The number of amides is 4. The number of hydrogen-bond acceptors (Lipinski definition) is 7. The molecule has 174 valence electrons. The highest BCUT2D eigenvalue weighted by Gasteiger charge is 2.46. The zero-order valence-electron chi connectivity index (χ0n) is 18.3. The van der Waals surface area contributed by atoms with E-state index in [-0.39, 0.29) is 16.7 Å². The normalized spacial score (nSPS) is 22.9. The fourth-order valence-electron chi connectivity index (χ4n) is 5.19. The Morgan fingerprint density at radius 2 is 1.84 bits per heavy atom. The van der Waals surface area contributed by atoms with Gasteiger partial charge in [-0.05, 0) is 24.7 Å². The van der Waals surface area contributed by atoms with Gasteiger partial charge in [-0.15, -0.1) is 11.3 Å². The van der Waals surface area contributed by atoms with Gasteiger partial charge >= 0.3 is 12.0 Å². The predicted octanol–water partition coefficient (Wildman–Crippen LogP) is 3.32. The number of nitrogens with one attached hydrogen (secondary N) is 2. The number of thiazole rings is 1. The summed E-state index contributed by atoms with van der Waals surface area (Å²) in [6.07, 6.45) is 9.73. The molecule has 1 saturated heterocycles. The van der Waals surface area contributed by atoms with Crippen molar-refractivity contribution in [2.24, 2.45) is 11.8 Å². The maximum atomic E-state index is 13.2. The molecule has 1 aromatic heterocycles. The molecule has 0 aromatic carbocycles. The molecule has 1 aliphatic heterocycles. The first-order valence-corrected chi connectivity index (χ1v) is 12.3. The summed E-state index contributed by atoms with van der Waals surface area (Å²) in [5.41, 5.74) is 0.103. The lowest BCUT2D eigenvalue weighted by atomic mass is 9.95. The SMILES string of the molecule is COC(=O)c1csc(NC(=O)[C@H](CC2CCCC2)N2C(=O)N[C@@H](CC3CCCC3)C2=O)n1. The number of esters is 1. The standard InChI is InChI=1S/C22H30N4O5S/c1-31-20(29)16-12-32-21(23-16)25-18(27)17(11-14-8-4-5-9-14)26-19(28)15(24-22(26)30)10-13-6-2-3-7-13/h12-15,17H,2-11H2,1H3,(H,24,30)(H,23,25,27)/t15-,17-/m0/s1. The van der Waals surface area contributed by atoms with Gasteiger partial charge in [0.05, 0.1) is 7.11 Å². The van der Waals surface area contributed by atoms with Crippen molar-refractivity contribution in [3.8, 4) is 0 Å². The first kappa shape index (κ1) is 22.7. The molecule has 0 unspecified atom stereocenters. The molecule has 2 heterocycles. The van der Waals surface area contributed by atoms with Crippen LogP contribution in [0.15, 0.2) is 5.38 Å². The second kappa shape index (κ2) is 9.97. The van der Waals surface area contributed by atoms with Gasteiger partial charge in [-0.25, -0.2) is 19.5 Å². The van der Waals surface area contributed by atoms with Crippen molar-refractivity contribution in [3.63, 3.8) is 0 Å². The smallest absolute Gasteiger partial charge is 0.357 e. The molecule has 3 aliphatic rings. The van der Waals surface area contributed by atoms with Gasteiger partial charge < -0.3 is 15.4 Å². The molecular weight excluding hydrogens is 432 g/mol. The number of aromatic nitrogens is 1. The second-order valence-corrected chi connectivity index (χ2v) is 9.88. The van der Waals surface area contributed by atoms with Gasteiger partial charge in [-0.3, -0.25) is 9.59 Å². The molecule has 4 rings (SSSR count). The van der Waals surface area contributed by atoms with E-state index in [4.69, 9.17) is 0 Å². The van der Waals surface area contributed by atoms with Crippen LogP contribution in [0.4, 0.5) is 9.93 Å². The maximum Gasteiger partial charge on any atom is 0.357 e. The van der Waals surface area contributed by atoms with Crippen molar-refractivity contribution in [2.45, 2.75) is 76.3 Å². The minimum Gasteiger partial charge on any atom is -0.464 e. The molecule has 1 aromatic rings. The first-order valence-electron chi connectivity index (χ1n) is 11.4. The summed E-state index contributed by atoms with van der Waals surface area (Å²) in [6, 6.07) is -1.95. The molecule has 2 N–H and O–H groups in total. The lowest BCUT2D eigenvalue weighted by Crippen LogP contribution is -2.48. The monoisotopic (exact) mass is 462 g/mol. The Kier molecular flexibility index (Phi) is 7.07. The largest absolute Gasteiger partial charge is 0.464 e. The molecule has 3 fully saturated rings. The summed E-state index contributed by atoms with van der Waals surface area (Å²) in [6.45, 7) is 0. The Balaban J connectivity index is 1.49. The number of methoxy groups -OCH3 is 1. The average molecular weight is 463 g/mol. The van der Waals surface area contributed by atoms with Crippen molar-refractivity contribution in [2.75, 3.05) is 12.4 Å². The maximum absolute atomic E-state index is 13.2. The van der Waals surface area contributed by atoms with Crippen LogP contribution in [0.1, 0.15) is 74.7 Å². The fourth-order valence-corrected chi connectivity index (χ4v) is 5.88. The number of carbonyl (C=O) groups excluding carboxylic acids is 4. The topological polar surface area (TPSA) is 118 Å². The highest BCUT2D eigenvalue weighted by Crippen LogP contribution is 2.33. The Hall–Kier alpha value is -2.49. The molecule has 32 heavy (non-hydrogen) atoms. The molecule has 2 saturated carbocycles. The van der Waals surface area contributed by atoms with Crippen molar-refractivity contribution in [1.29, 1.82) is 0 Å². The average Bonchev–Trinajstić information content (AvgIpc) is 3.57. The van der Waals surface area contributed by atoms with Gasteiger partial charge in [0.2, 0.25) is 5.91 Å². The fraction of sp³-hybridized carbons (Fsp3) is 0.682. The number of ether oxygens (including phenoxy) is 1. The zero-order valence-corrected chi connectivity index (χ0v) is 19.1. The third-order valence-electron chi connectivity index (χ3n) is 6.87. The summed E-state index contributed by atoms with van der Waals surface area (Å²) in [4.78, 5) is 56.1. The molecule has 2 aliphatic carbocycles. The summed E-state index contributed by atoms with van der Waals surface area (Å²) in [7, 11) is 1.26. The van der Waals surface area contributed by atoms with E-state index in [2.05, 4.69) is 20.4 Å². The highest BCUT2D eigenvalue weighted by molar-refractivity contribution is 7.14. The van der Waals surface area contributed by atoms with Gasteiger partial charge in [0.15, 0.2) is 10.8 Å². The number of carbonyl (C=O) groups is 4. The van der Waals surface area contributed by atoms with Crippen LogP contribution >= 0.6 is 11.3 Å². The van der Waals surface area contributed by atoms with Crippen molar-refractivity contribution in [3.05, 3.63) is 11.1 Å². The van der Waals surface area contributed by atoms with E-state index in [0.717, 1.165) is 67.6 Å². The van der Waals surface area contributed by atoms with Crippen LogP contribution in [0, 0.1) is 11.8 Å². The Bertz CT molecular complexity index is 875. The number of anilines is 1.